The van der Waals surface area contributed by atoms with Crippen molar-refractivity contribution in [2.75, 3.05) is 0 Å². The fraction of sp³-hybridized carbons (Fsp3) is 0.600. The van der Waals surface area contributed by atoms with Gasteiger partial charge in [0, 0.05) is 10.4 Å². The zero-order valence-electron chi connectivity index (χ0n) is 15.9. The van der Waals surface area contributed by atoms with Crippen LogP contribution in [0.4, 0.5) is 5.69 Å². The number of aliphatic carboxylic acids is 1. The van der Waals surface area contributed by atoms with Gasteiger partial charge in [0.2, 0.25) is 0 Å². The van der Waals surface area contributed by atoms with E-state index in [1.54, 1.807) is 0 Å². The summed E-state index contributed by atoms with van der Waals surface area (Å²) in [4.78, 5) is 16.6. The molecule has 1 aromatic carbocycles. The molecule has 0 amide bonds. The van der Waals surface area contributed by atoms with Crippen molar-refractivity contribution in [3.8, 4) is 0 Å². The van der Waals surface area contributed by atoms with Crippen molar-refractivity contribution >= 4 is 33.4 Å². The number of nitrogens with zero attached hydrogens (tertiary/aromatic N) is 1. The van der Waals surface area contributed by atoms with Crippen LogP contribution < -0.4 is 5.73 Å². The van der Waals surface area contributed by atoms with Crippen molar-refractivity contribution in [3.05, 3.63) is 28.7 Å². The molecule has 0 aromatic heterocycles. The first kappa shape index (κ1) is 21.7. The average molecular weight is 411 g/mol. The van der Waals surface area contributed by atoms with Crippen molar-refractivity contribution < 1.29 is 9.90 Å². The lowest BCUT2D eigenvalue weighted by Gasteiger charge is -2.33. The SMILES string of the molecule is CCCC(C)C(C(N)=Nc1ccc(Br)cc1)C(CC(C)(C)C)C(=O)O. The van der Waals surface area contributed by atoms with Crippen LogP contribution in [0.25, 0.3) is 0 Å². The summed E-state index contributed by atoms with van der Waals surface area (Å²) in [6, 6.07) is 7.55. The Kier molecular flexibility index (Phi) is 8.13. The predicted molar refractivity (Wildman–Crippen MR) is 108 cm³/mol. The molecule has 0 saturated heterocycles. The molecule has 140 valence electrons. The van der Waals surface area contributed by atoms with Gasteiger partial charge in [-0.25, -0.2) is 4.99 Å². The van der Waals surface area contributed by atoms with E-state index in [-0.39, 0.29) is 17.3 Å². The monoisotopic (exact) mass is 410 g/mol. The van der Waals surface area contributed by atoms with Gasteiger partial charge in [0.15, 0.2) is 0 Å². The van der Waals surface area contributed by atoms with Crippen LogP contribution >= 0.6 is 15.9 Å². The fourth-order valence-electron chi connectivity index (χ4n) is 3.30. The second-order valence-electron chi connectivity index (χ2n) is 8.01. The van der Waals surface area contributed by atoms with E-state index in [2.05, 4.69) is 55.5 Å². The number of carboxylic acids is 1. The maximum atomic E-state index is 12.0. The largest absolute Gasteiger partial charge is 0.481 e. The number of benzene rings is 1. The Morgan fingerprint density at radius 1 is 1.28 bits per heavy atom. The molecule has 25 heavy (non-hydrogen) atoms. The van der Waals surface area contributed by atoms with E-state index in [0.717, 1.165) is 23.0 Å². The number of hydrogen-bond donors (Lipinski definition) is 2. The van der Waals surface area contributed by atoms with Gasteiger partial charge in [-0.2, -0.15) is 0 Å². The van der Waals surface area contributed by atoms with Crippen LogP contribution in [0.2, 0.25) is 0 Å². The van der Waals surface area contributed by atoms with Gasteiger partial charge in [0.1, 0.15) is 5.84 Å². The summed E-state index contributed by atoms with van der Waals surface area (Å²) in [5.41, 5.74) is 7.00. The molecule has 3 atom stereocenters. The Labute approximate surface area is 160 Å². The number of nitrogens with two attached hydrogens (primary N) is 1. The summed E-state index contributed by atoms with van der Waals surface area (Å²) in [7, 11) is 0. The Hall–Kier alpha value is -1.36. The van der Waals surface area contributed by atoms with Gasteiger partial charge in [-0.15, -0.1) is 0 Å². The van der Waals surface area contributed by atoms with Gasteiger partial charge in [-0.1, -0.05) is 63.4 Å². The van der Waals surface area contributed by atoms with Gasteiger partial charge < -0.3 is 10.8 Å². The summed E-state index contributed by atoms with van der Waals surface area (Å²) in [6.45, 7) is 10.4. The Bertz CT molecular complexity index is 591. The topological polar surface area (TPSA) is 75.7 Å². The normalized spacial score (nSPS) is 16.3. The van der Waals surface area contributed by atoms with Crippen LogP contribution in [0.5, 0.6) is 0 Å². The lowest BCUT2D eigenvalue weighted by Crippen LogP contribution is -2.40. The Balaban J connectivity index is 3.24. The van der Waals surface area contributed by atoms with Gasteiger partial charge in [-0.05, 0) is 42.0 Å². The molecule has 1 aromatic rings. The van der Waals surface area contributed by atoms with Crippen LogP contribution in [-0.2, 0) is 4.79 Å². The number of rotatable bonds is 8. The fourth-order valence-corrected chi connectivity index (χ4v) is 3.56. The molecular formula is C20H31BrN2O2. The van der Waals surface area contributed by atoms with Gasteiger partial charge in [0.25, 0.3) is 0 Å². The quantitative estimate of drug-likeness (QED) is 0.430. The van der Waals surface area contributed by atoms with E-state index in [9.17, 15) is 9.90 Å². The molecule has 5 heteroatoms. The second-order valence-corrected chi connectivity index (χ2v) is 8.93. The summed E-state index contributed by atoms with van der Waals surface area (Å²) in [5, 5.41) is 9.86. The number of halogens is 1. The van der Waals surface area contributed by atoms with E-state index >= 15 is 0 Å². The zero-order chi connectivity index (χ0) is 19.2. The molecular weight excluding hydrogens is 380 g/mol. The van der Waals surface area contributed by atoms with E-state index in [1.165, 1.54) is 0 Å². The highest BCUT2D eigenvalue weighted by molar-refractivity contribution is 9.10. The maximum Gasteiger partial charge on any atom is 0.307 e. The highest BCUT2D eigenvalue weighted by Crippen LogP contribution is 2.35. The number of hydrogen-bond acceptors (Lipinski definition) is 2. The van der Waals surface area contributed by atoms with Gasteiger partial charge in [0.05, 0.1) is 11.6 Å². The molecule has 4 nitrogen and oxygen atoms in total. The average Bonchev–Trinajstić information content (AvgIpc) is 2.48. The van der Waals surface area contributed by atoms with Crippen LogP contribution in [-0.4, -0.2) is 16.9 Å². The van der Waals surface area contributed by atoms with Gasteiger partial charge >= 0.3 is 5.97 Å². The molecule has 0 spiro atoms. The van der Waals surface area contributed by atoms with Crippen molar-refractivity contribution in [1.82, 2.24) is 0 Å². The summed E-state index contributed by atoms with van der Waals surface area (Å²) in [6.07, 6.45) is 2.48. The Morgan fingerprint density at radius 3 is 2.28 bits per heavy atom. The van der Waals surface area contributed by atoms with Crippen molar-refractivity contribution in [2.24, 2.45) is 33.9 Å². The molecule has 3 N–H and O–H groups in total. The summed E-state index contributed by atoms with van der Waals surface area (Å²) < 4.78 is 0.970. The summed E-state index contributed by atoms with van der Waals surface area (Å²) >= 11 is 3.40. The number of carbonyl (C=O) groups is 1. The molecule has 0 aliphatic carbocycles. The van der Waals surface area contributed by atoms with Crippen LogP contribution in [0, 0.1) is 23.2 Å². The first-order valence-electron chi connectivity index (χ1n) is 8.87. The van der Waals surface area contributed by atoms with Crippen LogP contribution in [0.1, 0.15) is 53.9 Å². The highest BCUT2D eigenvalue weighted by Gasteiger charge is 2.37. The van der Waals surface area contributed by atoms with E-state index < -0.39 is 11.9 Å². The molecule has 0 radical (unpaired) electrons. The lowest BCUT2D eigenvalue weighted by atomic mass is 9.72. The minimum Gasteiger partial charge on any atom is -0.481 e. The van der Waals surface area contributed by atoms with Gasteiger partial charge in [-0.3, -0.25) is 4.79 Å². The predicted octanol–water partition coefficient (Wildman–Crippen LogP) is 5.63. The first-order chi connectivity index (χ1) is 11.5. The van der Waals surface area contributed by atoms with Crippen LogP contribution in [0.15, 0.2) is 33.7 Å². The van der Waals surface area contributed by atoms with Crippen molar-refractivity contribution in [2.45, 2.75) is 53.9 Å². The number of amidine groups is 1. The van der Waals surface area contributed by atoms with E-state index in [0.29, 0.717) is 12.3 Å². The number of carboxylic acid groups (broad SMARTS) is 1. The molecule has 0 aliphatic rings. The zero-order valence-corrected chi connectivity index (χ0v) is 17.5. The molecule has 1 rings (SSSR count). The van der Waals surface area contributed by atoms with Crippen molar-refractivity contribution in [1.29, 1.82) is 0 Å². The third kappa shape index (κ3) is 7.18. The smallest absolute Gasteiger partial charge is 0.307 e. The lowest BCUT2D eigenvalue weighted by molar-refractivity contribution is -0.144. The minimum atomic E-state index is -0.795. The molecule has 0 heterocycles. The summed E-state index contributed by atoms with van der Waals surface area (Å²) in [5.74, 6) is -1.04. The third-order valence-corrected chi connectivity index (χ3v) is 4.90. The molecule has 0 bridgehead atoms. The second kappa shape index (κ2) is 9.37. The molecule has 0 fully saturated rings. The number of aliphatic imine (C=N–C) groups is 1. The molecule has 3 unspecified atom stereocenters. The highest BCUT2D eigenvalue weighted by atomic mass is 79.9. The molecule has 0 aliphatic heterocycles. The maximum absolute atomic E-state index is 12.0. The third-order valence-electron chi connectivity index (χ3n) is 4.37. The van der Waals surface area contributed by atoms with Crippen molar-refractivity contribution in [3.63, 3.8) is 0 Å². The standard InChI is InChI=1S/C20H31BrN2O2/c1-6-7-13(2)17(16(19(24)25)12-20(3,4)5)18(22)23-15-10-8-14(21)9-11-15/h8-11,13,16-17H,6-7,12H2,1-5H3,(H2,22,23)(H,24,25). The minimum absolute atomic E-state index is 0.0921. The Morgan fingerprint density at radius 2 is 1.84 bits per heavy atom. The first-order valence-corrected chi connectivity index (χ1v) is 9.67. The van der Waals surface area contributed by atoms with E-state index in [1.807, 2.05) is 24.3 Å². The van der Waals surface area contributed by atoms with E-state index in [4.69, 9.17) is 5.73 Å². The van der Waals surface area contributed by atoms with Crippen LogP contribution in [0.3, 0.4) is 0 Å². The molecule has 0 saturated carbocycles.